The predicted molar refractivity (Wildman–Crippen MR) is 88.9 cm³/mol. The van der Waals surface area contributed by atoms with E-state index in [0.29, 0.717) is 6.17 Å². The quantitative estimate of drug-likeness (QED) is 0.865. The third kappa shape index (κ3) is 2.51. The van der Waals surface area contributed by atoms with Gasteiger partial charge in [0.2, 0.25) is 0 Å². The molecule has 5 heteroatoms. The molecule has 1 N–H and O–H groups in total. The smallest absolute Gasteiger partial charge is 0.128 e. The fourth-order valence-electron chi connectivity index (χ4n) is 2.97. The fraction of sp³-hybridized carbons (Fsp3) is 0.294. The molecular weight excluding hydrogens is 296 g/mol. The van der Waals surface area contributed by atoms with Crippen molar-refractivity contribution in [1.29, 1.82) is 0 Å². The van der Waals surface area contributed by atoms with Gasteiger partial charge in [0, 0.05) is 11.4 Å². The highest BCUT2D eigenvalue weighted by molar-refractivity contribution is 7.97. The Morgan fingerprint density at radius 3 is 2.68 bits per heavy atom. The molecule has 2 aromatic rings. The minimum absolute atomic E-state index is 0.478. The Morgan fingerprint density at radius 1 is 1.09 bits per heavy atom. The molecule has 0 spiro atoms. The van der Waals surface area contributed by atoms with Gasteiger partial charge in [-0.25, -0.2) is 4.72 Å². The molecule has 1 atom stereocenters. The van der Waals surface area contributed by atoms with Crippen molar-refractivity contribution in [2.24, 2.45) is 0 Å². The first kappa shape index (κ1) is 13.8. The summed E-state index contributed by atoms with van der Waals surface area (Å²) in [4.78, 5) is 3.67. The van der Waals surface area contributed by atoms with Gasteiger partial charge in [-0.3, -0.25) is 0 Å². The van der Waals surface area contributed by atoms with Gasteiger partial charge in [0.05, 0.1) is 19.0 Å². The van der Waals surface area contributed by atoms with Gasteiger partial charge in [-0.2, -0.15) is 0 Å². The van der Waals surface area contributed by atoms with E-state index in [4.69, 9.17) is 9.47 Å². The molecule has 0 aliphatic carbocycles. The first-order valence-electron chi connectivity index (χ1n) is 7.48. The summed E-state index contributed by atoms with van der Waals surface area (Å²) in [6, 6.07) is 14.0. The first-order chi connectivity index (χ1) is 10.8. The van der Waals surface area contributed by atoms with Crippen LogP contribution in [0.15, 0.2) is 47.4 Å². The Balaban J connectivity index is 1.56. The lowest BCUT2D eigenvalue weighted by atomic mass is 10.2. The number of benzene rings is 2. The van der Waals surface area contributed by atoms with Gasteiger partial charge >= 0.3 is 0 Å². The van der Waals surface area contributed by atoms with Gasteiger partial charge in [-0.05, 0) is 67.3 Å². The molecule has 114 valence electrons. The van der Waals surface area contributed by atoms with Crippen LogP contribution in [-0.4, -0.2) is 19.8 Å². The number of nitrogens with one attached hydrogen (secondary N) is 1. The molecule has 4 nitrogen and oxygen atoms in total. The maximum atomic E-state index is 5.94. The molecule has 22 heavy (non-hydrogen) atoms. The number of anilines is 1. The second kappa shape index (κ2) is 5.74. The third-order valence-electron chi connectivity index (χ3n) is 4.09. The Kier molecular flexibility index (Phi) is 3.60. The molecule has 0 aromatic heterocycles. The highest BCUT2D eigenvalue weighted by Crippen LogP contribution is 2.40. The molecule has 1 fully saturated rings. The molecule has 0 bridgehead atoms. The van der Waals surface area contributed by atoms with Crippen molar-refractivity contribution < 1.29 is 9.47 Å². The number of hydrogen-bond acceptors (Lipinski definition) is 5. The average molecular weight is 314 g/mol. The van der Waals surface area contributed by atoms with Crippen LogP contribution in [0, 0.1) is 0 Å². The van der Waals surface area contributed by atoms with Crippen molar-refractivity contribution in [3.8, 4) is 17.2 Å². The first-order valence-corrected chi connectivity index (χ1v) is 8.30. The summed E-state index contributed by atoms with van der Waals surface area (Å²) >= 11 is 1.70. The summed E-state index contributed by atoms with van der Waals surface area (Å²) in [7, 11) is 1.66. The molecule has 2 heterocycles. The van der Waals surface area contributed by atoms with Crippen LogP contribution in [0.4, 0.5) is 5.69 Å². The van der Waals surface area contributed by atoms with E-state index in [9.17, 15) is 0 Å². The van der Waals surface area contributed by atoms with E-state index in [0.717, 1.165) is 23.8 Å². The number of nitrogens with zero attached hydrogens (tertiary/aromatic N) is 1. The summed E-state index contributed by atoms with van der Waals surface area (Å²) in [5.74, 6) is 2.50. The van der Waals surface area contributed by atoms with E-state index in [1.807, 2.05) is 30.3 Å². The van der Waals surface area contributed by atoms with Gasteiger partial charge in [-0.1, -0.05) is 0 Å². The van der Waals surface area contributed by atoms with E-state index in [2.05, 4.69) is 21.8 Å². The summed E-state index contributed by atoms with van der Waals surface area (Å²) in [6.45, 7) is 1.13. The maximum Gasteiger partial charge on any atom is 0.128 e. The molecule has 0 radical (unpaired) electrons. The Bertz CT molecular complexity index is 675. The molecule has 1 saturated heterocycles. The van der Waals surface area contributed by atoms with Crippen LogP contribution in [0.1, 0.15) is 12.8 Å². The lowest BCUT2D eigenvalue weighted by molar-refractivity contribution is 0.413. The molecule has 2 aliphatic heterocycles. The van der Waals surface area contributed by atoms with Gasteiger partial charge in [-0.15, -0.1) is 0 Å². The van der Waals surface area contributed by atoms with Crippen LogP contribution in [0.5, 0.6) is 17.2 Å². The number of methoxy groups -OCH3 is 1. The van der Waals surface area contributed by atoms with Crippen LogP contribution in [0.3, 0.4) is 0 Å². The van der Waals surface area contributed by atoms with E-state index in [-0.39, 0.29) is 0 Å². The molecule has 2 aromatic carbocycles. The summed E-state index contributed by atoms with van der Waals surface area (Å²) < 4.78 is 14.6. The standard InChI is InChI=1S/C17H18N2O2S/c1-20-12-4-6-13(7-5-12)21-14-8-9-15-16(11-14)22-18-17-3-2-10-19(15)17/h4-9,11,17-18H,2-3,10H2,1H3. The fourth-order valence-corrected chi connectivity index (χ4v) is 3.94. The zero-order valence-electron chi connectivity index (χ0n) is 12.4. The van der Waals surface area contributed by atoms with Crippen LogP contribution in [0.2, 0.25) is 0 Å². The van der Waals surface area contributed by atoms with Crippen LogP contribution in [0.25, 0.3) is 0 Å². The van der Waals surface area contributed by atoms with Crippen LogP contribution >= 0.6 is 11.9 Å². The van der Waals surface area contributed by atoms with Crippen molar-refractivity contribution >= 4 is 17.6 Å². The Labute approximate surface area is 134 Å². The van der Waals surface area contributed by atoms with Crippen molar-refractivity contribution in [3.63, 3.8) is 0 Å². The number of fused-ring (bicyclic) bond motifs is 3. The van der Waals surface area contributed by atoms with Gasteiger partial charge in [0.1, 0.15) is 17.2 Å². The Morgan fingerprint density at radius 2 is 1.86 bits per heavy atom. The average Bonchev–Trinajstić information content (AvgIpc) is 3.04. The lowest BCUT2D eigenvalue weighted by Gasteiger charge is -2.33. The molecular formula is C17H18N2O2S. The molecule has 0 saturated carbocycles. The maximum absolute atomic E-state index is 5.94. The number of hydrogen-bond donors (Lipinski definition) is 1. The summed E-state index contributed by atoms with van der Waals surface area (Å²) in [6.07, 6.45) is 2.95. The molecule has 1 unspecified atom stereocenters. The van der Waals surface area contributed by atoms with Gasteiger partial charge in [0.15, 0.2) is 0 Å². The minimum atomic E-state index is 0.478. The third-order valence-corrected chi connectivity index (χ3v) is 5.03. The van der Waals surface area contributed by atoms with Crippen molar-refractivity contribution in [3.05, 3.63) is 42.5 Å². The Hall–Kier alpha value is -1.85. The summed E-state index contributed by atoms with van der Waals surface area (Å²) in [5, 5.41) is 0. The highest BCUT2D eigenvalue weighted by Gasteiger charge is 2.30. The molecule has 2 aliphatic rings. The zero-order valence-corrected chi connectivity index (χ0v) is 13.2. The second-order valence-electron chi connectivity index (χ2n) is 5.48. The highest BCUT2D eigenvalue weighted by atomic mass is 32.2. The van der Waals surface area contributed by atoms with E-state index < -0.39 is 0 Å². The van der Waals surface area contributed by atoms with E-state index in [1.54, 1.807) is 19.1 Å². The second-order valence-corrected chi connectivity index (χ2v) is 6.36. The zero-order chi connectivity index (χ0) is 14.9. The predicted octanol–water partition coefficient (Wildman–Crippen LogP) is 4.02. The van der Waals surface area contributed by atoms with E-state index in [1.165, 1.54) is 23.4 Å². The van der Waals surface area contributed by atoms with Crippen LogP contribution < -0.4 is 19.1 Å². The van der Waals surface area contributed by atoms with Crippen molar-refractivity contribution in [2.75, 3.05) is 18.6 Å². The van der Waals surface area contributed by atoms with Gasteiger partial charge in [0.25, 0.3) is 0 Å². The van der Waals surface area contributed by atoms with Crippen molar-refractivity contribution in [2.45, 2.75) is 23.9 Å². The lowest BCUT2D eigenvalue weighted by Crippen LogP contribution is -2.41. The number of ether oxygens (including phenoxy) is 2. The number of rotatable bonds is 3. The molecule has 0 amide bonds. The monoisotopic (exact) mass is 314 g/mol. The van der Waals surface area contributed by atoms with Crippen LogP contribution in [-0.2, 0) is 0 Å². The normalized spacial score (nSPS) is 19.5. The van der Waals surface area contributed by atoms with Gasteiger partial charge < -0.3 is 14.4 Å². The topological polar surface area (TPSA) is 33.7 Å². The minimum Gasteiger partial charge on any atom is -0.497 e. The van der Waals surface area contributed by atoms with E-state index >= 15 is 0 Å². The van der Waals surface area contributed by atoms with Crippen molar-refractivity contribution in [1.82, 2.24) is 4.72 Å². The largest absolute Gasteiger partial charge is 0.497 e. The molecule has 4 rings (SSSR count). The SMILES string of the molecule is COc1ccc(Oc2ccc3c(c2)SNC2CCCN32)cc1. The summed E-state index contributed by atoms with van der Waals surface area (Å²) in [5.41, 5.74) is 1.31.